The van der Waals surface area contributed by atoms with E-state index in [1.54, 1.807) is 4.90 Å². The smallest absolute Gasteiger partial charge is 0.298 e. The molecule has 2 amide bonds. The van der Waals surface area contributed by atoms with E-state index in [4.69, 9.17) is 0 Å². The highest BCUT2D eigenvalue weighted by Crippen LogP contribution is 2.24. The van der Waals surface area contributed by atoms with Crippen molar-refractivity contribution in [3.05, 3.63) is 11.0 Å². The number of halogens is 1. The van der Waals surface area contributed by atoms with Gasteiger partial charge in [-0.05, 0) is 35.4 Å². The van der Waals surface area contributed by atoms with Crippen molar-refractivity contribution in [1.82, 2.24) is 15.1 Å². The molecule has 0 aliphatic carbocycles. The van der Waals surface area contributed by atoms with E-state index in [1.165, 1.54) is 8.93 Å². The van der Waals surface area contributed by atoms with Gasteiger partial charge in [0.05, 0.1) is 17.5 Å². The molecule has 1 rings (SSSR count). The Morgan fingerprint density at radius 3 is 2.67 bits per heavy atom. The van der Waals surface area contributed by atoms with Crippen molar-refractivity contribution in [3.8, 4) is 11.8 Å². The van der Waals surface area contributed by atoms with Gasteiger partial charge in [-0.1, -0.05) is 18.9 Å². The summed E-state index contributed by atoms with van der Waals surface area (Å²) in [6.45, 7) is 3.63. The van der Waals surface area contributed by atoms with Crippen LogP contribution in [0.2, 0.25) is 0 Å². The molecular weight excluding hydrogens is 401 g/mol. The number of nitrogens with zero attached hydrogens (tertiary/aromatic N) is 2. The van der Waals surface area contributed by atoms with E-state index < -0.39 is 0 Å². The molecule has 0 atom stereocenters. The fraction of sp³-hybridized carbons (Fsp3) is 0.571. The number of hydrogen-bond acceptors (Lipinski definition) is 4. The van der Waals surface area contributed by atoms with Gasteiger partial charge in [-0.3, -0.25) is 14.5 Å². The molecule has 7 heteroatoms. The SMILES string of the molecule is CC/C=C(\SI)C(=O)NC1CN(C(=O)C#CCN(C)C)C1. The molecule has 1 saturated heterocycles. The van der Waals surface area contributed by atoms with Gasteiger partial charge in [0.2, 0.25) is 0 Å². The van der Waals surface area contributed by atoms with Crippen molar-refractivity contribution in [3.63, 3.8) is 0 Å². The molecule has 1 N–H and O–H groups in total. The molecule has 21 heavy (non-hydrogen) atoms. The van der Waals surface area contributed by atoms with Crippen molar-refractivity contribution < 1.29 is 9.59 Å². The zero-order chi connectivity index (χ0) is 15.8. The lowest BCUT2D eigenvalue weighted by atomic mass is 10.1. The van der Waals surface area contributed by atoms with Gasteiger partial charge < -0.3 is 10.2 Å². The third kappa shape index (κ3) is 6.28. The highest BCUT2D eigenvalue weighted by Gasteiger charge is 2.31. The second-order valence-corrected chi connectivity index (χ2v) is 6.89. The van der Waals surface area contributed by atoms with Crippen LogP contribution in [0.5, 0.6) is 0 Å². The number of carbonyl (C=O) groups is 2. The first kappa shape index (κ1) is 18.3. The average Bonchev–Trinajstić information content (AvgIpc) is 2.38. The summed E-state index contributed by atoms with van der Waals surface area (Å²) in [7, 11) is 5.22. The molecule has 0 saturated carbocycles. The molecule has 0 aromatic rings. The molecule has 0 unspecified atom stereocenters. The van der Waals surface area contributed by atoms with Gasteiger partial charge in [-0.15, -0.1) is 0 Å². The lowest BCUT2D eigenvalue weighted by Gasteiger charge is -2.38. The van der Waals surface area contributed by atoms with Crippen LogP contribution in [0.3, 0.4) is 0 Å². The van der Waals surface area contributed by atoms with E-state index in [9.17, 15) is 9.59 Å². The van der Waals surface area contributed by atoms with Crippen LogP contribution in [0.15, 0.2) is 11.0 Å². The maximum atomic E-state index is 11.9. The van der Waals surface area contributed by atoms with E-state index in [1.807, 2.05) is 32.0 Å². The molecule has 0 bridgehead atoms. The minimum absolute atomic E-state index is 0.0286. The molecule has 0 spiro atoms. The second-order valence-electron chi connectivity index (χ2n) is 4.97. The molecule has 0 radical (unpaired) electrons. The second kappa shape index (κ2) is 9.33. The summed E-state index contributed by atoms with van der Waals surface area (Å²) >= 11 is 2.10. The standard InChI is InChI=1S/C14H20IN3O2S/c1-4-6-12(21-15)14(20)16-11-9-18(10-11)13(19)7-5-8-17(2)3/h6,11H,4,8-10H2,1-3H3,(H,16,20)/b12-6-. The molecule has 0 aromatic carbocycles. The average molecular weight is 421 g/mol. The fourth-order valence-electron chi connectivity index (χ4n) is 1.69. The lowest BCUT2D eigenvalue weighted by Crippen LogP contribution is -2.60. The molecule has 1 fully saturated rings. The van der Waals surface area contributed by atoms with Crippen molar-refractivity contribution in [1.29, 1.82) is 0 Å². The maximum absolute atomic E-state index is 11.9. The largest absolute Gasteiger partial charge is 0.345 e. The third-order valence-electron chi connectivity index (χ3n) is 2.79. The van der Waals surface area contributed by atoms with E-state index in [2.05, 4.69) is 38.4 Å². The normalized spacial score (nSPS) is 15.3. The summed E-state index contributed by atoms with van der Waals surface area (Å²) in [6.07, 6.45) is 2.73. The van der Waals surface area contributed by atoms with Crippen LogP contribution in [0.25, 0.3) is 0 Å². The summed E-state index contributed by atoms with van der Waals surface area (Å²) in [6, 6.07) is 0.0286. The van der Waals surface area contributed by atoms with E-state index in [-0.39, 0.29) is 17.9 Å². The van der Waals surface area contributed by atoms with Crippen molar-refractivity contribution in [2.45, 2.75) is 19.4 Å². The zero-order valence-electron chi connectivity index (χ0n) is 12.5. The lowest BCUT2D eigenvalue weighted by molar-refractivity contribution is -0.131. The Hall–Kier alpha value is -0.720. The van der Waals surface area contributed by atoms with Gasteiger partial charge in [0, 0.05) is 34.3 Å². The van der Waals surface area contributed by atoms with Crippen LogP contribution >= 0.6 is 30.1 Å². The summed E-state index contributed by atoms with van der Waals surface area (Å²) in [5, 5.41) is 2.93. The Bertz CT molecular complexity index is 476. The van der Waals surface area contributed by atoms with Crippen LogP contribution in [0.4, 0.5) is 0 Å². The van der Waals surface area contributed by atoms with Gasteiger partial charge in [0.15, 0.2) is 0 Å². The first-order chi connectivity index (χ1) is 9.97. The number of nitrogens with one attached hydrogen (secondary N) is 1. The van der Waals surface area contributed by atoms with E-state index in [0.717, 1.165) is 6.42 Å². The predicted molar refractivity (Wildman–Crippen MR) is 94.8 cm³/mol. The molecule has 1 heterocycles. The van der Waals surface area contributed by atoms with Crippen LogP contribution < -0.4 is 5.32 Å². The molecule has 1 aliphatic heterocycles. The highest BCUT2D eigenvalue weighted by atomic mass is 127. The van der Waals surface area contributed by atoms with Gasteiger partial charge in [-0.2, -0.15) is 0 Å². The number of rotatable bonds is 5. The van der Waals surface area contributed by atoms with Gasteiger partial charge >= 0.3 is 0 Å². The Kier molecular flexibility index (Phi) is 8.14. The Labute approximate surface area is 142 Å². The number of likely N-dealkylation sites (tertiary alicyclic amines) is 1. The number of hydrogen-bond donors (Lipinski definition) is 1. The number of amides is 2. The summed E-state index contributed by atoms with van der Waals surface area (Å²) < 4.78 is 0. The predicted octanol–water partition coefficient (Wildman–Crippen LogP) is 1.26. The number of carbonyl (C=O) groups excluding carboxylic acids is 2. The monoisotopic (exact) mass is 421 g/mol. The molecular formula is C14H20IN3O2S. The van der Waals surface area contributed by atoms with Gasteiger partial charge in [-0.25, -0.2) is 0 Å². The first-order valence-electron chi connectivity index (χ1n) is 6.70. The number of allylic oxidation sites excluding steroid dienone is 1. The van der Waals surface area contributed by atoms with Crippen molar-refractivity contribution in [2.75, 3.05) is 33.7 Å². The quantitative estimate of drug-likeness (QED) is 0.413. The highest BCUT2D eigenvalue weighted by molar-refractivity contribution is 14.2. The third-order valence-corrected chi connectivity index (χ3v) is 4.73. The summed E-state index contributed by atoms with van der Waals surface area (Å²) in [4.78, 5) is 28.0. The van der Waals surface area contributed by atoms with Gasteiger partial charge in [0.1, 0.15) is 0 Å². The Morgan fingerprint density at radius 1 is 1.48 bits per heavy atom. The minimum atomic E-state index is -0.171. The summed E-state index contributed by atoms with van der Waals surface area (Å²) in [5.74, 6) is 5.19. The molecule has 1 aliphatic rings. The fourth-order valence-corrected chi connectivity index (χ4v) is 3.19. The topological polar surface area (TPSA) is 52.7 Å². The van der Waals surface area contributed by atoms with Crippen molar-refractivity contribution in [2.24, 2.45) is 0 Å². The molecule has 5 nitrogen and oxygen atoms in total. The van der Waals surface area contributed by atoms with Crippen molar-refractivity contribution >= 4 is 42.0 Å². The van der Waals surface area contributed by atoms with Crippen LogP contribution in [0, 0.1) is 11.8 Å². The minimum Gasteiger partial charge on any atom is -0.345 e. The van der Waals surface area contributed by atoms with Crippen LogP contribution in [-0.2, 0) is 9.59 Å². The van der Waals surface area contributed by atoms with Crippen LogP contribution in [-0.4, -0.2) is 61.4 Å². The Balaban J connectivity index is 2.36. The Morgan fingerprint density at radius 2 is 2.14 bits per heavy atom. The van der Waals surface area contributed by atoms with E-state index in [0.29, 0.717) is 24.5 Å². The van der Waals surface area contributed by atoms with Crippen LogP contribution in [0.1, 0.15) is 13.3 Å². The maximum Gasteiger partial charge on any atom is 0.298 e. The van der Waals surface area contributed by atoms with Gasteiger partial charge in [0.25, 0.3) is 11.8 Å². The molecule has 116 valence electrons. The summed E-state index contributed by atoms with van der Waals surface area (Å²) in [5.41, 5.74) is 0. The zero-order valence-corrected chi connectivity index (χ0v) is 15.5. The molecule has 0 aromatic heterocycles. The first-order valence-corrected chi connectivity index (χ1v) is 10.1. The van der Waals surface area contributed by atoms with E-state index >= 15 is 0 Å².